The van der Waals surface area contributed by atoms with Gasteiger partial charge >= 0.3 is 0 Å². The van der Waals surface area contributed by atoms with E-state index in [1.807, 2.05) is 0 Å². The van der Waals surface area contributed by atoms with Gasteiger partial charge in [-0.25, -0.2) is 0 Å². The van der Waals surface area contributed by atoms with Crippen molar-refractivity contribution >= 4 is 5.91 Å². The maximum atomic E-state index is 11.6. The van der Waals surface area contributed by atoms with Crippen molar-refractivity contribution in [2.75, 3.05) is 32.7 Å². The van der Waals surface area contributed by atoms with E-state index >= 15 is 0 Å². The fraction of sp³-hybridized carbons (Fsp3) is 0.938. The summed E-state index contributed by atoms with van der Waals surface area (Å²) in [6, 6.07) is 1.12. The van der Waals surface area contributed by atoms with Crippen LogP contribution in [0.4, 0.5) is 0 Å². The third-order valence-electron chi connectivity index (χ3n) is 4.66. The highest BCUT2D eigenvalue weighted by Crippen LogP contribution is 2.21. The second-order valence-corrected chi connectivity index (χ2v) is 6.81. The molecule has 2 heterocycles. The molecule has 0 bridgehead atoms. The molecule has 2 rings (SSSR count). The van der Waals surface area contributed by atoms with Crippen molar-refractivity contribution in [2.24, 2.45) is 5.92 Å². The van der Waals surface area contributed by atoms with E-state index in [1.54, 1.807) is 0 Å². The monoisotopic (exact) mass is 281 g/mol. The van der Waals surface area contributed by atoms with Gasteiger partial charge in [0.05, 0.1) is 0 Å². The van der Waals surface area contributed by atoms with Crippen LogP contribution in [0.1, 0.15) is 46.5 Å². The molecule has 0 spiro atoms. The van der Waals surface area contributed by atoms with Crippen molar-refractivity contribution in [3.63, 3.8) is 0 Å². The number of hydrogen-bond acceptors (Lipinski definition) is 3. The molecule has 0 unspecified atom stereocenters. The molecular weight excluding hydrogens is 250 g/mol. The molecule has 0 aromatic heterocycles. The van der Waals surface area contributed by atoms with Crippen molar-refractivity contribution in [1.82, 2.24) is 15.1 Å². The lowest BCUT2D eigenvalue weighted by Crippen LogP contribution is -2.55. The topological polar surface area (TPSA) is 35.6 Å². The Hall–Kier alpha value is -0.610. The highest BCUT2D eigenvalue weighted by atomic mass is 16.1. The molecule has 0 saturated carbocycles. The van der Waals surface area contributed by atoms with Crippen LogP contribution in [0.2, 0.25) is 0 Å². The van der Waals surface area contributed by atoms with Crippen molar-refractivity contribution in [2.45, 2.75) is 58.5 Å². The average molecular weight is 281 g/mol. The van der Waals surface area contributed by atoms with Crippen LogP contribution in [0.3, 0.4) is 0 Å². The predicted molar refractivity (Wildman–Crippen MR) is 82.7 cm³/mol. The van der Waals surface area contributed by atoms with E-state index in [0.29, 0.717) is 18.5 Å². The van der Waals surface area contributed by atoms with Crippen LogP contribution in [0.5, 0.6) is 0 Å². The van der Waals surface area contributed by atoms with Gasteiger partial charge in [0, 0.05) is 51.2 Å². The Bertz CT molecular complexity index is 305. The summed E-state index contributed by atoms with van der Waals surface area (Å²) in [5, 5.41) is 3.17. The van der Waals surface area contributed by atoms with Gasteiger partial charge < -0.3 is 15.1 Å². The van der Waals surface area contributed by atoms with Gasteiger partial charge in [-0.15, -0.1) is 0 Å². The second kappa shape index (κ2) is 7.41. The molecule has 2 aliphatic heterocycles. The number of rotatable bonds is 6. The van der Waals surface area contributed by atoms with Crippen LogP contribution in [0.25, 0.3) is 0 Å². The number of piperidine rings is 1. The van der Waals surface area contributed by atoms with E-state index < -0.39 is 0 Å². The van der Waals surface area contributed by atoms with E-state index in [0.717, 1.165) is 38.3 Å². The molecule has 0 aliphatic carbocycles. The maximum absolute atomic E-state index is 11.6. The number of nitrogens with one attached hydrogen (secondary N) is 1. The Morgan fingerprint density at radius 3 is 2.45 bits per heavy atom. The smallest absolute Gasteiger partial charge is 0.220 e. The van der Waals surface area contributed by atoms with Crippen LogP contribution in [-0.2, 0) is 4.79 Å². The third kappa shape index (κ3) is 4.45. The van der Waals surface area contributed by atoms with Gasteiger partial charge in [-0.05, 0) is 39.0 Å². The minimum atomic E-state index is 0.234. The first-order valence-electron chi connectivity index (χ1n) is 8.34. The molecule has 1 N–H and O–H groups in total. The number of carbonyl (C=O) groups excluding carboxylic acids is 1. The minimum absolute atomic E-state index is 0.234. The Kier molecular flexibility index (Phi) is 5.85. The third-order valence-corrected chi connectivity index (χ3v) is 4.66. The van der Waals surface area contributed by atoms with Gasteiger partial charge in [0.1, 0.15) is 0 Å². The van der Waals surface area contributed by atoms with Crippen molar-refractivity contribution in [3.8, 4) is 0 Å². The number of amides is 1. The zero-order valence-electron chi connectivity index (χ0n) is 13.4. The summed E-state index contributed by atoms with van der Waals surface area (Å²) in [5.41, 5.74) is 0. The molecule has 4 nitrogen and oxygen atoms in total. The minimum Gasteiger partial charge on any atom is -0.353 e. The maximum Gasteiger partial charge on any atom is 0.220 e. The first-order chi connectivity index (χ1) is 9.58. The molecule has 2 saturated heterocycles. The average Bonchev–Trinajstić information content (AvgIpc) is 2.35. The largest absolute Gasteiger partial charge is 0.353 e. The fourth-order valence-corrected chi connectivity index (χ4v) is 3.30. The first-order valence-corrected chi connectivity index (χ1v) is 8.34. The zero-order chi connectivity index (χ0) is 14.5. The quantitative estimate of drug-likeness (QED) is 0.805. The van der Waals surface area contributed by atoms with Gasteiger partial charge in [0.15, 0.2) is 0 Å². The summed E-state index contributed by atoms with van der Waals surface area (Å²) in [4.78, 5) is 16.7. The predicted octanol–water partition coefficient (Wildman–Crippen LogP) is 1.71. The lowest BCUT2D eigenvalue weighted by Gasteiger charge is -2.45. The molecule has 0 aromatic rings. The molecule has 20 heavy (non-hydrogen) atoms. The molecule has 116 valence electrons. The summed E-state index contributed by atoms with van der Waals surface area (Å²) in [7, 11) is 0. The van der Waals surface area contributed by atoms with Crippen LogP contribution < -0.4 is 5.32 Å². The number of likely N-dealkylation sites (tertiary alicyclic amines) is 2. The summed E-state index contributed by atoms with van der Waals surface area (Å²) < 4.78 is 0. The first kappa shape index (κ1) is 15.8. The lowest BCUT2D eigenvalue weighted by molar-refractivity contribution is -0.122. The molecule has 1 amide bonds. The molecule has 0 radical (unpaired) electrons. The Balaban J connectivity index is 1.59. The van der Waals surface area contributed by atoms with Crippen LogP contribution in [-0.4, -0.2) is 60.5 Å². The Morgan fingerprint density at radius 2 is 1.90 bits per heavy atom. The van der Waals surface area contributed by atoms with Crippen LogP contribution in [0.15, 0.2) is 0 Å². The Labute approximate surface area is 123 Å². The SMILES string of the molecule is CCCC(=O)NC1CCN(CC2CN(C(C)C)C2)CC1. The van der Waals surface area contributed by atoms with Crippen molar-refractivity contribution < 1.29 is 4.79 Å². The molecule has 4 heteroatoms. The fourth-order valence-electron chi connectivity index (χ4n) is 3.30. The zero-order valence-corrected chi connectivity index (χ0v) is 13.4. The van der Waals surface area contributed by atoms with E-state index in [9.17, 15) is 4.79 Å². The second-order valence-electron chi connectivity index (χ2n) is 6.81. The van der Waals surface area contributed by atoms with Crippen LogP contribution in [0, 0.1) is 5.92 Å². The molecule has 2 aliphatic rings. The standard InChI is InChI=1S/C16H31N3O/c1-4-5-16(20)17-15-6-8-18(9-7-15)10-14-11-19(12-14)13(2)3/h13-15H,4-12H2,1-3H3,(H,17,20). The summed E-state index contributed by atoms with van der Waals surface area (Å²) >= 11 is 0. The molecular formula is C16H31N3O. The summed E-state index contributed by atoms with van der Waals surface area (Å²) in [5.74, 6) is 1.10. The van der Waals surface area contributed by atoms with E-state index in [2.05, 4.69) is 35.9 Å². The van der Waals surface area contributed by atoms with E-state index in [-0.39, 0.29) is 5.91 Å². The normalized spacial score (nSPS) is 23.0. The summed E-state index contributed by atoms with van der Waals surface area (Å²) in [6.45, 7) is 12.7. The Morgan fingerprint density at radius 1 is 1.25 bits per heavy atom. The molecule has 0 aromatic carbocycles. The number of hydrogen-bond donors (Lipinski definition) is 1. The molecule has 0 atom stereocenters. The van der Waals surface area contributed by atoms with Crippen molar-refractivity contribution in [1.29, 1.82) is 0 Å². The summed E-state index contributed by atoms with van der Waals surface area (Å²) in [6.07, 6.45) is 3.86. The van der Waals surface area contributed by atoms with Gasteiger partial charge in [0.2, 0.25) is 5.91 Å². The van der Waals surface area contributed by atoms with Gasteiger partial charge in [-0.2, -0.15) is 0 Å². The van der Waals surface area contributed by atoms with E-state index in [4.69, 9.17) is 0 Å². The number of nitrogens with zero attached hydrogens (tertiary/aromatic N) is 2. The highest BCUT2D eigenvalue weighted by Gasteiger charge is 2.31. The van der Waals surface area contributed by atoms with E-state index in [1.165, 1.54) is 19.6 Å². The van der Waals surface area contributed by atoms with Crippen LogP contribution >= 0.6 is 0 Å². The highest BCUT2D eigenvalue weighted by molar-refractivity contribution is 5.76. The van der Waals surface area contributed by atoms with Gasteiger partial charge in [-0.3, -0.25) is 4.79 Å². The molecule has 2 fully saturated rings. The van der Waals surface area contributed by atoms with Gasteiger partial charge in [0.25, 0.3) is 0 Å². The van der Waals surface area contributed by atoms with Crippen molar-refractivity contribution in [3.05, 3.63) is 0 Å². The number of carbonyl (C=O) groups is 1. The lowest BCUT2D eigenvalue weighted by atomic mass is 9.96. The van der Waals surface area contributed by atoms with Gasteiger partial charge in [-0.1, -0.05) is 6.92 Å².